The van der Waals surface area contributed by atoms with E-state index in [1.54, 1.807) is 0 Å². The Hall–Kier alpha value is -3.97. The molecule has 7 nitrogen and oxygen atoms in total. The second-order valence-electron chi connectivity index (χ2n) is 8.86. The molecule has 5 aromatic rings. The topological polar surface area (TPSA) is 73.0 Å². The van der Waals surface area contributed by atoms with E-state index in [0.717, 1.165) is 76.3 Å². The highest BCUT2D eigenvalue weighted by Crippen LogP contribution is 2.34. The fourth-order valence-electron chi connectivity index (χ4n) is 4.62. The van der Waals surface area contributed by atoms with Crippen LogP contribution in [0.1, 0.15) is 5.56 Å². The number of H-pyrrole nitrogens is 1. The summed E-state index contributed by atoms with van der Waals surface area (Å²) in [6.07, 6.45) is 7.68. The van der Waals surface area contributed by atoms with Gasteiger partial charge < -0.3 is 20.1 Å². The van der Waals surface area contributed by atoms with E-state index in [-0.39, 0.29) is 0 Å². The Morgan fingerprint density at radius 1 is 0.941 bits per heavy atom. The van der Waals surface area contributed by atoms with Crippen molar-refractivity contribution in [2.45, 2.75) is 6.54 Å². The molecule has 0 amide bonds. The lowest BCUT2D eigenvalue weighted by atomic mass is 10.0. The van der Waals surface area contributed by atoms with Gasteiger partial charge in [-0.05, 0) is 48.5 Å². The van der Waals surface area contributed by atoms with E-state index in [0.29, 0.717) is 6.54 Å². The Labute approximate surface area is 198 Å². The molecule has 0 unspecified atom stereocenters. The molecule has 1 saturated heterocycles. The summed E-state index contributed by atoms with van der Waals surface area (Å²) in [6.45, 7) is 4.90. The average molecular weight is 450 g/mol. The average Bonchev–Trinajstić information content (AvgIpc) is 3.33. The van der Waals surface area contributed by atoms with Crippen molar-refractivity contribution in [3.05, 3.63) is 78.9 Å². The van der Waals surface area contributed by atoms with E-state index in [1.807, 2.05) is 36.9 Å². The fraction of sp³-hybridized carbons (Fsp3) is 0.222. The summed E-state index contributed by atoms with van der Waals surface area (Å²) in [5, 5.41) is 5.82. The number of piperazine rings is 1. The molecule has 5 heterocycles. The van der Waals surface area contributed by atoms with Gasteiger partial charge >= 0.3 is 0 Å². The third kappa shape index (κ3) is 3.95. The first-order chi connectivity index (χ1) is 16.7. The summed E-state index contributed by atoms with van der Waals surface area (Å²) in [6, 6.07) is 16.8. The molecule has 1 aliphatic heterocycles. The van der Waals surface area contributed by atoms with Crippen LogP contribution >= 0.6 is 0 Å². The van der Waals surface area contributed by atoms with Crippen LogP contribution in [0, 0.1) is 0 Å². The van der Waals surface area contributed by atoms with Gasteiger partial charge in [0.05, 0.1) is 5.52 Å². The zero-order valence-electron chi connectivity index (χ0n) is 19.2. The molecule has 1 aromatic carbocycles. The SMILES string of the molecule is CN1CCN(c2ccc(CNc3ccnc4[nH]cc(-c5ccc6ncccc6c5)c34)cn2)CC1. The third-order valence-corrected chi connectivity index (χ3v) is 6.61. The maximum absolute atomic E-state index is 4.73. The second kappa shape index (κ2) is 8.76. The lowest BCUT2D eigenvalue weighted by molar-refractivity contribution is 0.312. The molecule has 1 fully saturated rings. The van der Waals surface area contributed by atoms with Gasteiger partial charge in [-0.3, -0.25) is 4.98 Å². The van der Waals surface area contributed by atoms with Gasteiger partial charge in [0.25, 0.3) is 0 Å². The number of benzene rings is 1. The fourth-order valence-corrected chi connectivity index (χ4v) is 4.62. The van der Waals surface area contributed by atoms with E-state index in [4.69, 9.17) is 4.98 Å². The summed E-state index contributed by atoms with van der Waals surface area (Å²) in [4.78, 5) is 21.8. The Balaban J connectivity index is 1.24. The summed E-state index contributed by atoms with van der Waals surface area (Å²) >= 11 is 0. The number of nitrogens with zero attached hydrogens (tertiary/aromatic N) is 5. The first-order valence-corrected chi connectivity index (χ1v) is 11.7. The van der Waals surface area contributed by atoms with Crippen molar-refractivity contribution in [3.8, 4) is 11.1 Å². The summed E-state index contributed by atoms with van der Waals surface area (Å²) < 4.78 is 0. The van der Waals surface area contributed by atoms with Crippen LogP contribution in [-0.2, 0) is 6.54 Å². The third-order valence-electron chi connectivity index (χ3n) is 6.61. The number of hydrogen-bond donors (Lipinski definition) is 2. The highest BCUT2D eigenvalue weighted by molar-refractivity contribution is 6.03. The lowest BCUT2D eigenvalue weighted by Gasteiger charge is -2.33. The number of aromatic nitrogens is 4. The molecule has 34 heavy (non-hydrogen) atoms. The van der Waals surface area contributed by atoms with Crippen molar-refractivity contribution in [1.29, 1.82) is 0 Å². The van der Waals surface area contributed by atoms with E-state index < -0.39 is 0 Å². The highest BCUT2D eigenvalue weighted by atomic mass is 15.3. The molecule has 4 aromatic heterocycles. The maximum atomic E-state index is 4.73. The second-order valence-corrected chi connectivity index (χ2v) is 8.86. The van der Waals surface area contributed by atoms with Crippen LogP contribution in [0.25, 0.3) is 33.1 Å². The van der Waals surface area contributed by atoms with Crippen molar-refractivity contribution < 1.29 is 0 Å². The molecule has 0 bridgehead atoms. The van der Waals surface area contributed by atoms with Gasteiger partial charge in [-0.2, -0.15) is 0 Å². The summed E-state index contributed by atoms with van der Waals surface area (Å²) in [5.74, 6) is 1.06. The van der Waals surface area contributed by atoms with Crippen molar-refractivity contribution in [3.63, 3.8) is 0 Å². The molecule has 170 valence electrons. The van der Waals surface area contributed by atoms with Crippen LogP contribution < -0.4 is 10.2 Å². The standard InChI is InChI=1S/C27H27N7/c1-33-11-13-34(14-12-33)25-7-4-19(17-31-25)16-30-24-8-10-29-27-26(24)22(18-32-27)20-5-6-23-21(15-20)3-2-9-28-23/h2-10,15,17-18H,11-14,16H2,1H3,(H2,29,30,32). The van der Waals surface area contributed by atoms with Crippen LogP contribution in [-0.4, -0.2) is 58.1 Å². The van der Waals surface area contributed by atoms with Crippen molar-refractivity contribution in [2.75, 3.05) is 43.4 Å². The Morgan fingerprint density at radius 2 is 1.85 bits per heavy atom. The molecule has 7 heteroatoms. The van der Waals surface area contributed by atoms with Gasteiger partial charge in [0.15, 0.2) is 0 Å². The number of anilines is 2. The van der Waals surface area contributed by atoms with E-state index in [1.165, 1.54) is 0 Å². The van der Waals surface area contributed by atoms with Gasteiger partial charge in [-0.1, -0.05) is 18.2 Å². The van der Waals surface area contributed by atoms with Gasteiger partial charge in [-0.25, -0.2) is 9.97 Å². The van der Waals surface area contributed by atoms with Crippen LogP contribution in [0.3, 0.4) is 0 Å². The lowest BCUT2D eigenvalue weighted by Crippen LogP contribution is -2.44. The number of likely N-dealkylation sites (N-methyl/N-ethyl adjacent to an activating group) is 1. The quantitative estimate of drug-likeness (QED) is 0.411. The minimum absolute atomic E-state index is 0.696. The molecule has 0 radical (unpaired) electrons. The molecular formula is C27H27N7. The van der Waals surface area contributed by atoms with Crippen LogP contribution in [0.5, 0.6) is 0 Å². The number of rotatable bonds is 5. The van der Waals surface area contributed by atoms with Crippen LogP contribution in [0.4, 0.5) is 11.5 Å². The van der Waals surface area contributed by atoms with E-state index in [9.17, 15) is 0 Å². The van der Waals surface area contributed by atoms with Gasteiger partial charge in [-0.15, -0.1) is 0 Å². The monoisotopic (exact) mass is 449 g/mol. The molecule has 6 rings (SSSR count). The largest absolute Gasteiger partial charge is 0.380 e. The maximum Gasteiger partial charge on any atom is 0.139 e. The number of pyridine rings is 3. The Kier molecular flexibility index (Phi) is 5.31. The smallest absolute Gasteiger partial charge is 0.139 e. The van der Waals surface area contributed by atoms with Crippen LogP contribution in [0.15, 0.2) is 73.3 Å². The highest BCUT2D eigenvalue weighted by Gasteiger charge is 2.15. The Morgan fingerprint density at radius 3 is 2.71 bits per heavy atom. The van der Waals surface area contributed by atoms with Gasteiger partial charge in [0.1, 0.15) is 11.5 Å². The molecule has 1 aliphatic rings. The van der Waals surface area contributed by atoms with Crippen molar-refractivity contribution in [2.24, 2.45) is 0 Å². The summed E-state index contributed by atoms with van der Waals surface area (Å²) in [7, 11) is 2.17. The predicted octanol–water partition coefficient (Wildman–Crippen LogP) is 4.54. The molecule has 0 atom stereocenters. The minimum atomic E-state index is 0.696. The minimum Gasteiger partial charge on any atom is -0.380 e. The Bertz CT molecular complexity index is 1430. The predicted molar refractivity (Wildman–Crippen MR) is 138 cm³/mol. The molecule has 0 aliphatic carbocycles. The first kappa shape index (κ1) is 20.6. The van der Waals surface area contributed by atoms with Gasteiger partial charge in [0, 0.05) is 79.5 Å². The molecule has 0 spiro atoms. The molecule has 2 N–H and O–H groups in total. The number of aromatic amines is 1. The molecule has 0 saturated carbocycles. The van der Waals surface area contributed by atoms with E-state index in [2.05, 4.69) is 73.5 Å². The van der Waals surface area contributed by atoms with Crippen molar-refractivity contribution in [1.82, 2.24) is 24.8 Å². The zero-order valence-corrected chi connectivity index (χ0v) is 19.2. The van der Waals surface area contributed by atoms with E-state index >= 15 is 0 Å². The van der Waals surface area contributed by atoms with Crippen LogP contribution in [0.2, 0.25) is 0 Å². The summed E-state index contributed by atoms with van der Waals surface area (Å²) in [5.41, 5.74) is 6.33. The zero-order chi connectivity index (χ0) is 22.9. The normalized spacial score (nSPS) is 14.7. The number of fused-ring (bicyclic) bond motifs is 2. The molecular weight excluding hydrogens is 422 g/mol. The first-order valence-electron chi connectivity index (χ1n) is 11.7. The number of hydrogen-bond acceptors (Lipinski definition) is 6. The van der Waals surface area contributed by atoms with Crippen molar-refractivity contribution >= 4 is 33.4 Å². The van der Waals surface area contributed by atoms with Gasteiger partial charge in [0.2, 0.25) is 0 Å². The number of nitrogens with one attached hydrogen (secondary N) is 2.